The van der Waals surface area contributed by atoms with Gasteiger partial charge in [0.15, 0.2) is 0 Å². The van der Waals surface area contributed by atoms with E-state index in [-0.39, 0.29) is 0 Å². The normalized spacial score (nSPS) is 11.3. The Morgan fingerprint density at radius 1 is 1.67 bits per heavy atom. The Morgan fingerprint density at radius 3 is 3.13 bits per heavy atom. The quantitative estimate of drug-likeness (QED) is 0.515. The van der Waals surface area contributed by atoms with E-state index < -0.39 is 0 Å². The average molecular weight is 270 g/mol. The van der Waals surface area contributed by atoms with Gasteiger partial charge >= 0.3 is 0 Å². The molecule has 15 heavy (non-hydrogen) atoms. The molecule has 0 atom stereocenters. The summed E-state index contributed by atoms with van der Waals surface area (Å²) >= 11 is 3.40. The third-order valence-electron chi connectivity index (χ3n) is 2.00. The highest BCUT2D eigenvalue weighted by Gasteiger charge is 2.08. The van der Waals surface area contributed by atoms with Crippen LogP contribution in [0.5, 0.6) is 5.75 Å². The van der Waals surface area contributed by atoms with Crippen molar-refractivity contribution in [1.29, 1.82) is 0 Å². The molecule has 0 amide bonds. The van der Waals surface area contributed by atoms with Crippen LogP contribution in [-0.4, -0.2) is 28.1 Å². The van der Waals surface area contributed by atoms with Crippen molar-refractivity contribution >= 4 is 27.7 Å². The maximum atomic E-state index is 8.48. The summed E-state index contributed by atoms with van der Waals surface area (Å²) < 4.78 is 7.58. The standard InChI is InChI=1S/C9H8BrN3O2/c1-15-7-2-8(10)9-6(4-12-14)3-11-13(9)5-7/h2-5,14H,1H3/b12-4+. The highest BCUT2D eigenvalue weighted by atomic mass is 79.9. The summed E-state index contributed by atoms with van der Waals surface area (Å²) in [7, 11) is 1.59. The first-order valence-electron chi connectivity index (χ1n) is 4.14. The van der Waals surface area contributed by atoms with E-state index in [0.29, 0.717) is 5.75 Å². The molecule has 0 bridgehead atoms. The van der Waals surface area contributed by atoms with Crippen LogP contribution in [0.4, 0.5) is 0 Å². The molecule has 0 saturated carbocycles. The van der Waals surface area contributed by atoms with Gasteiger partial charge in [-0.25, -0.2) is 4.52 Å². The van der Waals surface area contributed by atoms with Crippen molar-refractivity contribution < 1.29 is 9.94 Å². The maximum Gasteiger partial charge on any atom is 0.138 e. The van der Waals surface area contributed by atoms with Gasteiger partial charge in [0.05, 0.1) is 31.2 Å². The van der Waals surface area contributed by atoms with Gasteiger partial charge in [-0.2, -0.15) is 5.10 Å². The molecule has 2 aromatic heterocycles. The zero-order valence-electron chi connectivity index (χ0n) is 7.88. The first-order valence-corrected chi connectivity index (χ1v) is 4.94. The number of oxime groups is 1. The maximum absolute atomic E-state index is 8.48. The average Bonchev–Trinajstić information content (AvgIpc) is 2.62. The van der Waals surface area contributed by atoms with E-state index in [1.54, 1.807) is 24.0 Å². The van der Waals surface area contributed by atoms with Gasteiger partial charge in [0.25, 0.3) is 0 Å². The molecule has 2 rings (SSSR count). The Balaban J connectivity index is 2.71. The summed E-state index contributed by atoms with van der Waals surface area (Å²) in [5.41, 5.74) is 1.56. The van der Waals surface area contributed by atoms with Crippen molar-refractivity contribution in [2.45, 2.75) is 0 Å². The van der Waals surface area contributed by atoms with Crippen molar-refractivity contribution in [3.63, 3.8) is 0 Å². The Hall–Kier alpha value is -1.56. The van der Waals surface area contributed by atoms with Crippen LogP contribution in [0, 0.1) is 0 Å². The van der Waals surface area contributed by atoms with E-state index >= 15 is 0 Å². The van der Waals surface area contributed by atoms with Gasteiger partial charge in [0.1, 0.15) is 5.75 Å². The van der Waals surface area contributed by atoms with E-state index in [0.717, 1.165) is 15.6 Å². The largest absolute Gasteiger partial charge is 0.495 e. The molecule has 0 radical (unpaired) electrons. The minimum Gasteiger partial charge on any atom is -0.495 e. The number of aromatic nitrogens is 2. The summed E-state index contributed by atoms with van der Waals surface area (Å²) in [4.78, 5) is 0. The summed E-state index contributed by atoms with van der Waals surface area (Å²) in [5, 5.41) is 15.6. The molecule has 0 saturated heterocycles. The van der Waals surface area contributed by atoms with Gasteiger partial charge in [-0.1, -0.05) is 5.16 Å². The van der Waals surface area contributed by atoms with Crippen LogP contribution in [0.1, 0.15) is 5.56 Å². The highest BCUT2D eigenvalue weighted by molar-refractivity contribution is 9.10. The van der Waals surface area contributed by atoms with Crippen LogP contribution < -0.4 is 4.74 Å². The molecule has 0 aliphatic heterocycles. The lowest BCUT2D eigenvalue weighted by molar-refractivity contribution is 0.322. The van der Waals surface area contributed by atoms with E-state index in [1.165, 1.54) is 6.21 Å². The summed E-state index contributed by atoms with van der Waals surface area (Å²) in [6, 6.07) is 1.83. The van der Waals surface area contributed by atoms with Gasteiger partial charge in [-0.15, -0.1) is 0 Å². The van der Waals surface area contributed by atoms with Gasteiger partial charge in [-0.3, -0.25) is 0 Å². The molecule has 78 valence electrons. The molecular formula is C9H8BrN3O2. The predicted molar refractivity (Wildman–Crippen MR) is 58.8 cm³/mol. The second-order valence-corrected chi connectivity index (χ2v) is 3.72. The van der Waals surface area contributed by atoms with Gasteiger partial charge in [0.2, 0.25) is 0 Å². The minimum absolute atomic E-state index is 0.699. The molecule has 0 unspecified atom stereocenters. The van der Waals surface area contributed by atoms with E-state index in [1.807, 2.05) is 6.07 Å². The topological polar surface area (TPSA) is 59.1 Å². The molecule has 0 aliphatic carbocycles. The van der Waals surface area contributed by atoms with Crippen LogP contribution >= 0.6 is 15.9 Å². The predicted octanol–water partition coefficient (Wildman–Crippen LogP) is 1.91. The first-order chi connectivity index (χ1) is 7.26. The second kappa shape index (κ2) is 3.90. The van der Waals surface area contributed by atoms with Crippen LogP contribution in [0.25, 0.3) is 5.52 Å². The number of halogens is 1. The lowest BCUT2D eigenvalue weighted by atomic mass is 10.3. The minimum atomic E-state index is 0.699. The van der Waals surface area contributed by atoms with Crippen LogP contribution in [0.3, 0.4) is 0 Å². The first kappa shape index (κ1) is 9.97. The molecule has 1 N–H and O–H groups in total. The fraction of sp³-hybridized carbons (Fsp3) is 0.111. The second-order valence-electron chi connectivity index (χ2n) is 2.87. The van der Waals surface area contributed by atoms with Crippen LogP contribution in [-0.2, 0) is 0 Å². The monoisotopic (exact) mass is 269 g/mol. The van der Waals surface area contributed by atoms with Gasteiger partial charge in [-0.05, 0) is 22.0 Å². The Kier molecular flexibility index (Phi) is 2.59. The fourth-order valence-electron chi connectivity index (χ4n) is 1.34. The molecular weight excluding hydrogens is 262 g/mol. The molecule has 0 spiro atoms. The van der Waals surface area contributed by atoms with E-state index in [2.05, 4.69) is 26.2 Å². The number of methoxy groups -OCH3 is 1. The Bertz CT molecular complexity index is 521. The third-order valence-corrected chi connectivity index (χ3v) is 2.61. The van der Waals surface area contributed by atoms with Crippen molar-refractivity contribution in [2.75, 3.05) is 7.11 Å². The smallest absolute Gasteiger partial charge is 0.138 e. The van der Waals surface area contributed by atoms with E-state index in [4.69, 9.17) is 9.94 Å². The zero-order valence-corrected chi connectivity index (χ0v) is 9.47. The van der Waals surface area contributed by atoms with Gasteiger partial charge in [0, 0.05) is 10.0 Å². The van der Waals surface area contributed by atoms with E-state index in [9.17, 15) is 0 Å². The fourth-order valence-corrected chi connectivity index (χ4v) is 1.98. The zero-order chi connectivity index (χ0) is 10.8. The van der Waals surface area contributed by atoms with Crippen LogP contribution in [0.2, 0.25) is 0 Å². The summed E-state index contributed by atoms with van der Waals surface area (Å²) in [5.74, 6) is 0.699. The number of ether oxygens (including phenoxy) is 1. The SMILES string of the molecule is COc1cc(Br)c2c(/C=N/O)cnn2c1. The summed E-state index contributed by atoms with van der Waals surface area (Å²) in [6.45, 7) is 0. The number of pyridine rings is 1. The van der Waals surface area contributed by atoms with Gasteiger partial charge < -0.3 is 9.94 Å². The van der Waals surface area contributed by atoms with Crippen LogP contribution in [0.15, 0.2) is 28.1 Å². The lowest BCUT2D eigenvalue weighted by Crippen LogP contribution is -1.92. The molecule has 2 heterocycles. The van der Waals surface area contributed by atoms with Crippen molar-refractivity contribution in [3.8, 4) is 5.75 Å². The Labute approximate surface area is 94.1 Å². The number of nitrogens with zero attached hydrogens (tertiary/aromatic N) is 3. The summed E-state index contributed by atoms with van der Waals surface area (Å²) in [6.07, 6.45) is 4.69. The molecule has 0 aromatic carbocycles. The lowest BCUT2D eigenvalue weighted by Gasteiger charge is -2.02. The molecule has 0 fully saturated rings. The Morgan fingerprint density at radius 2 is 2.47 bits per heavy atom. The number of fused-ring (bicyclic) bond motifs is 1. The van der Waals surface area contributed by atoms with Crippen molar-refractivity contribution in [2.24, 2.45) is 5.16 Å². The number of hydrogen-bond donors (Lipinski definition) is 1. The number of hydrogen-bond acceptors (Lipinski definition) is 4. The molecule has 0 aliphatic rings. The highest BCUT2D eigenvalue weighted by Crippen LogP contribution is 2.25. The molecule has 2 aromatic rings. The van der Waals surface area contributed by atoms with Crippen molar-refractivity contribution in [1.82, 2.24) is 9.61 Å². The van der Waals surface area contributed by atoms with Crippen molar-refractivity contribution in [3.05, 3.63) is 28.5 Å². The molecule has 6 heteroatoms. The number of rotatable bonds is 2. The molecule has 5 nitrogen and oxygen atoms in total. The third kappa shape index (κ3) is 1.68.